The van der Waals surface area contributed by atoms with Gasteiger partial charge < -0.3 is 5.11 Å². The molecule has 1 aromatic carbocycles. The van der Waals surface area contributed by atoms with Crippen LogP contribution in [0.3, 0.4) is 0 Å². The summed E-state index contributed by atoms with van der Waals surface area (Å²) in [4.78, 5) is 7.65. The molecular formula is C19H20N2OS. The van der Waals surface area contributed by atoms with Crippen LogP contribution in [-0.4, -0.2) is 21.5 Å². The Balaban J connectivity index is 1.72. The van der Waals surface area contributed by atoms with Gasteiger partial charge in [-0.25, -0.2) is 0 Å². The predicted octanol–water partition coefficient (Wildman–Crippen LogP) is 3.88. The Kier molecular flexibility index (Phi) is 5.53. The number of pyridine rings is 1. The Bertz CT molecular complexity index is 644. The summed E-state index contributed by atoms with van der Waals surface area (Å²) in [5.74, 6) is 0. The molecule has 1 N–H and O–H groups in total. The van der Waals surface area contributed by atoms with Gasteiger partial charge in [-0.05, 0) is 29.1 Å². The van der Waals surface area contributed by atoms with E-state index in [1.54, 1.807) is 11.3 Å². The van der Waals surface area contributed by atoms with Crippen LogP contribution >= 0.6 is 11.3 Å². The first kappa shape index (κ1) is 15.9. The summed E-state index contributed by atoms with van der Waals surface area (Å²) in [5, 5.41) is 12.5. The van der Waals surface area contributed by atoms with Gasteiger partial charge in [0.05, 0.1) is 5.69 Å². The van der Waals surface area contributed by atoms with Gasteiger partial charge in [-0.3, -0.25) is 9.88 Å². The van der Waals surface area contributed by atoms with Crippen molar-refractivity contribution in [1.82, 2.24) is 9.88 Å². The molecule has 0 amide bonds. The largest absolute Gasteiger partial charge is 0.386 e. The van der Waals surface area contributed by atoms with Gasteiger partial charge in [-0.1, -0.05) is 42.5 Å². The fraction of sp³-hybridized carbons (Fsp3) is 0.211. The van der Waals surface area contributed by atoms with E-state index >= 15 is 0 Å². The molecule has 0 spiro atoms. The maximum Gasteiger partial charge on any atom is 0.101 e. The SMILES string of the molecule is O[C@H](CN(Cc1ccccc1)Cc1ccccn1)c1cccs1. The summed E-state index contributed by atoms with van der Waals surface area (Å²) in [5.41, 5.74) is 2.25. The molecule has 0 saturated carbocycles. The Hall–Kier alpha value is -2.01. The maximum absolute atomic E-state index is 10.5. The minimum atomic E-state index is -0.470. The lowest BCUT2D eigenvalue weighted by Gasteiger charge is -2.24. The number of hydrogen-bond donors (Lipinski definition) is 1. The second-order valence-electron chi connectivity index (χ2n) is 5.51. The zero-order valence-electron chi connectivity index (χ0n) is 12.9. The normalized spacial score (nSPS) is 12.4. The molecule has 23 heavy (non-hydrogen) atoms. The van der Waals surface area contributed by atoms with Crippen LogP contribution < -0.4 is 0 Å². The fourth-order valence-electron chi connectivity index (χ4n) is 2.56. The molecule has 1 atom stereocenters. The van der Waals surface area contributed by atoms with Gasteiger partial charge in [-0.2, -0.15) is 0 Å². The summed E-state index contributed by atoms with van der Waals surface area (Å²) in [6, 6.07) is 20.2. The summed E-state index contributed by atoms with van der Waals surface area (Å²) >= 11 is 1.59. The lowest BCUT2D eigenvalue weighted by Crippen LogP contribution is -2.28. The van der Waals surface area contributed by atoms with Crippen molar-refractivity contribution < 1.29 is 5.11 Å². The van der Waals surface area contributed by atoms with Crippen LogP contribution in [0, 0.1) is 0 Å². The third-order valence-electron chi connectivity index (χ3n) is 3.66. The number of thiophene rings is 1. The van der Waals surface area contributed by atoms with E-state index in [4.69, 9.17) is 0 Å². The lowest BCUT2D eigenvalue weighted by molar-refractivity contribution is 0.107. The molecule has 3 nitrogen and oxygen atoms in total. The minimum absolute atomic E-state index is 0.470. The topological polar surface area (TPSA) is 36.4 Å². The van der Waals surface area contributed by atoms with Crippen molar-refractivity contribution in [3.8, 4) is 0 Å². The van der Waals surface area contributed by atoms with Gasteiger partial charge >= 0.3 is 0 Å². The van der Waals surface area contributed by atoms with E-state index in [0.717, 1.165) is 23.7 Å². The standard InChI is InChI=1S/C19H20N2OS/c22-18(19-10-6-12-23-19)15-21(13-16-7-2-1-3-8-16)14-17-9-4-5-11-20-17/h1-12,18,22H,13-15H2/t18-/m1/s1. The Morgan fingerprint density at radius 3 is 2.48 bits per heavy atom. The summed E-state index contributed by atoms with van der Waals surface area (Å²) in [6.45, 7) is 2.10. The smallest absolute Gasteiger partial charge is 0.101 e. The molecule has 2 aromatic heterocycles. The van der Waals surface area contributed by atoms with Gasteiger partial charge in [0.25, 0.3) is 0 Å². The molecule has 0 bridgehead atoms. The maximum atomic E-state index is 10.5. The van der Waals surface area contributed by atoms with Gasteiger partial charge in [0.1, 0.15) is 6.10 Å². The molecule has 3 aromatic rings. The average Bonchev–Trinajstić information content (AvgIpc) is 3.11. The van der Waals surface area contributed by atoms with E-state index in [1.165, 1.54) is 5.56 Å². The number of aliphatic hydroxyl groups excluding tert-OH is 1. The first-order valence-electron chi connectivity index (χ1n) is 7.69. The molecule has 0 saturated heterocycles. The predicted molar refractivity (Wildman–Crippen MR) is 94.1 cm³/mol. The minimum Gasteiger partial charge on any atom is -0.386 e. The molecule has 0 aliphatic rings. The van der Waals surface area contributed by atoms with Crippen molar-refractivity contribution in [2.24, 2.45) is 0 Å². The molecule has 0 unspecified atom stereocenters. The van der Waals surface area contributed by atoms with E-state index in [0.29, 0.717) is 6.54 Å². The van der Waals surface area contributed by atoms with Gasteiger partial charge in [0.15, 0.2) is 0 Å². The van der Waals surface area contributed by atoms with Crippen molar-refractivity contribution in [3.63, 3.8) is 0 Å². The Labute approximate surface area is 140 Å². The average molecular weight is 324 g/mol. The van der Waals surface area contributed by atoms with Crippen molar-refractivity contribution in [2.45, 2.75) is 19.2 Å². The lowest BCUT2D eigenvalue weighted by atomic mass is 10.2. The van der Waals surface area contributed by atoms with Crippen LogP contribution in [0.1, 0.15) is 22.2 Å². The van der Waals surface area contributed by atoms with E-state index in [1.807, 2.05) is 60.1 Å². The molecule has 0 fully saturated rings. The molecule has 118 valence electrons. The van der Waals surface area contributed by atoms with Crippen LogP contribution in [0.5, 0.6) is 0 Å². The highest BCUT2D eigenvalue weighted by atomic mass is 32.1. The Morgan fingerprint density at radius 1 is 0.957 bits per heavy atom. The number of rotatable bonds is 7. The molecule has 0 aliphatic carbocycles. The van der Waals surface area contributed by atoms with Crippen molar-refractivity contribution in [2.75, 3.05) is 6.54 Å². The van der Waals surface area contributed by atoms with Crippen LogP contribution in [0.4, 0.5) is 0 Å². The number of nitrogens with zero attached hydrogens (tertiary/aromatic N) is 2. The van der Waals surface area contributed by atoms with Gasteiger partial charge in [-0.15, -0.1) is 11.3 Å². The molecule has 4 heteroatoms. The third-order valence-corrected chi connectivity index (χ3v) is 4.64. The summed E-state index contributed by atoms with van der Waals surface area (Å²) < 4.78 is 0. The molecule has 2 heterocycles. The summed E-state index contributed by atoms with van der Waals surface area (Å²) in [6.07, 6.45) is 1.34. The zero-order chi connectivity index (χ0) is 15.9. The van der Waals surface area contributed by atoms with Crippen LogP contribution in [0.15, 0.2) is 72.2 Å². The monoisotopic (exact) mass is 324 g/mol. The first-order chi connectivity index (χ1) is 11.3. The van der Waals surface area contributed by atoms with Crippen molar-refractivity contribution in [3.05, 3.63) is 88.4 Å². The fourth-order valence-corrected chi connectivity index (χ4v) is 3.27. The molecule has 3 rings (SSSR count). The van der Waals surface area contributed by atoms with Gasteiger partial charge in [0.2, 0.25) is 0 Å². The van der Waals surface area contributed by atoms with Crippen LogP contribution in [-0.2, 0) is 13.1 Å². The van der Waals surface area contributed by atoms with Crippen LogP contribution in [0.2, 0.25) is 0 Å². The zero-order valence-corrected chi connectivity index (χ0v) is 13.7. The number of benzene rings is 1. The quantitative estimate of drug-likeness (QED) is 0.716. The van der Waals surface area contributed by atoms with E-state index in [-0.39, 0.29) is 0 Å². The highest BCUT2D eigenvalue weighted by Crippen LogP contribution is 2.21. The number of aliphatic hydroxyl groups is 1. The van der Waals surface area contributed by atoms with E-state index in [2.05, 4.69) is 22.0 Å². The van der Waals surface area contributed by atoms with Gasteiger partial charge in [0, 0.05) is 30.7 Å². The number of aromatic nitrogens is 1. The van der Waals surface area contributed by atoms with Crippen molar-refractivity contribution in [1.29, 1.82) is 0 Å². The molecule has 0 aliphatic heterocycles. The van der Waals surface area contributed by atoms with Crippen LogP contribution in [0.25, 0.3) is 0 Å². The highest BCUT2D eigenvalue weighted by molar-refractivity contribution is 7.10. The third kappa shape index (κ3) is 4.73. The molecule has 0 radical (unpaired) electrons. The number of hydrogen-bond acceptors (Lipinski definition) is 4. The van der Waals surface area contributed by atoms with E-state index < -0.39 is 6.10 Å². The second kappa shape index (κ2) is 8.02. The summed E-state index contributed by atoms with van der Waals surface area (Å²) in [7, 11) is 0. The van der Waals surface area contributed by atoms with Crippen molar-refractivity contribution >= 4 is 11.3 Å². The van der Waals surface area contributed by atoms with E-state index in [9.17, 15) is 5.11 Å². The first-order valence-corrected chi connectivity index (χ1v) is 8.57. The molecular weight excluding hydrogens is 304 g/mol. The Morgan fingerprint density at radius 2 is 1.78 bits per heavy atom. The second-order valence-corrected chi connectivity index (χ2v) is 6.49. The highest BCUT2D eigenvalue weighted by Gasteiger charge is 2.15.